The van der Waals surface area contributed by atoms with Crippen LogP contribution in [0.15, 0.2) is 48.6 Å². The van der Waals surface area contributed by atoms with Crippen molar-refractivity contribution in [2.75, 3.05) is 0 Å². The van der Waals surface area contributed by atoms with Gasteiger partial charge in [-0.1, -0.05) is 62.6 Å². The molecular weight excluding hydrogens is 326 g/mol. The van der Waals surface area contributed by atoms with Crippen molar-refractivity contribution in [1.82, 2.24) is 0 Å². The number of hydrogen-bond donors (Lipinski definition) is 0. The maximum Gasteiger partial charge on any atom is 0.249 e. The second kappa shape index (κ2) is 19.4. The van der Waals surface area contributed by atoms with Crippen LogP contribution in [-0.4, -0.2) is 17.3 Å². The first kappa shape index (κ1) is 24.0. The molecule has 0 bridgehead atoms. The summed E-state index contributed by atoms with van der Waals surface area (Å²) in [7, 11) is 0. The highest BCUT2D eigenvalue weighted by Crippen LogP contribution is 2.05. The number of rotatable bonds is 17. The van der Waals surface area contributed by atoms with E-state index in [0.29, 0.717) is 12.8 Å². The summed E-state index contributed by atoms with van der Waals surface area (Å²) in [4.78, 5) is 21.0. The van der Waals surface area contributed by atoms with Crippen LogP contribution in [0, 0.1) is 10.1 Å². The normalized spacial score (nSPS) is 13.4. The number of carbonyl (C=O) groups is 1. The molecule has 0 rings (SSSR count). The molecule has 0 aromatic carbocycles. The highest BCUT2D eigenvalue weighted by molar-refractivity contribution is 5.48. The molecule has 0 aliphatic heterocycles. The predicted molar refractivity (Wildman–Crippen MR) is 110 cm³/mol. The number of hydrogen-bond acceptors (Lipinski definition) is 3. The van der Waals surface area contributed by atoms with Crippen molar-refractivity contribution in [2.45, 2.75) is 83.6 Å². The fraction of sp³-hybridized carbons (Fsp3) is 0.591. The molecule has 0 spiro atoms. The van der Waals surface area contributed by atoms with Gasteiger partial charge >= 0.3 is 0 Å². The van der Waals surface area contributed by atoms with Crippen LogP contribution >= 0.6 is 0 Å². The number of unbranched alkanes of at least 4 members (excludes halogenated alkanes) is 7. The van der Waals surface area contributed by atoms with E-state index in [1.54, 1.807) is 12.2 Å². The molecule has 4 nitrogen and oxygen atoms in total. The van der Waals surface area contributed by atoms with Gasteiger partial charge in [0.2, 0.25) is 6.04 Å². The number of carbonyl (C=O) groups excluding carboxylic acids is 1. The Morgan fingerprint density at radius 3 is 2.04 bits per heavy atom. The zero-order valence-corrected chi connectivity index (χ0v) is 16.2. The molecule has 0 aromatic heterocycles. The molecule has 0 N–H and O–H groups in total. The van der Waals surface area contributed by atoms with Crippen molar-refractivity contribution in [3.63, 3.8) is 0 Å². The molecule has 0 radical (unpaired) electrons. The van der Waals surface area contributed by atoms with Crippen molar-refractivity contribution < 1.29 is 9.72 Å². The first-order chi connectivity index (χ1) is 12.7. The average molecular weight is 362 g/mol. The Hall–Kier alpha value is -1.97. The van der Waals surface area contributed by atoms with Crippen LogP contribution in [0.3, 0.4) is 0 Å². The summed E-state index contributed by atoms with van der Waals surface area (Å²) in [6.07, 6.45) is 27.3. The Morgan fingerprint density at radius 2 is 1.35 bits per heavy atom. The lowest BCUT2D eigenvalue weighted by Gasteiger charge is -1.98. The summed E-state index contributed by atoms with van der Waals surface area (Å²) in [5.74, 6) is 0. The van der Waals surface area contributed by atoms with Gasteiger partial charge < -0.3 is 4.79 Å². The second-order valence-electron chi connectivity index (χ2n) is 6.35. The highest BCUT2D eigenvalue weighted by Gasteiger charge is 2.09. The molecule has 0 saturated heterocycles. The zero-order valence-electron chi connectivity index (χ0n) is 16.2. The number of nitro groups is 1. The topological polar surface area (TPSA) is 60.2 Å². The van der Waals surface area contributed by atoms with Gasteiger partial charge in [-0.05, 0) is 57.1 Å². The van der Waals surface area contributed by atoms with Crippen LogP contribution in [0.2, 0.25) is 0 Å². The minimum Gasteiger partial charge on any atom is -0.303 e. The van der Waals surface area contributed by atoms with Crippen molar-refractivity contribution in [2.24, 2.45) is 0 Å². The molecule has 4 heteroatoms. The second-order valence-corrected chi connectivity index (χ2v) is 6.35. The maximum atomic E-state index is 11.1. The molecular formula is C22H35NO3. The largest absolute Gasteiger partial charge is 0.303 e. The summed E-state index contributed by atoms with van der Waals surface area (Å²) in [6.45, 7) is 2.21. The highest BCUT2D eigenvalue weighted by atomic mass is 16.6. The summed E-state index contributed by atoms with van der Waals surface area (Å²) in [5, 5.41) is 11.1. The lowest BCUT2D eigenvalue weighted by Crippen LogP contribution is -2.13. The van der Waals surface area contributed by atoms with E-state index in [4.69, 9.17) is 0 Å². The van der Waals surface area contributed by atoms with E-state index in [9.17, 15) is 14.9 Å². The fourth-order valence-corrected chi connectivity index (χ4v) is 2.40. The van der Waals surface area contributed by atoms with Gasteiger partial charge in [0.05, 0.1) is 0 Å². The lowest BCUT2D eigenvalue weighted by molar-refractivity contribution is -0.496. The molecule has 0 saturated carbocycles. The summed E-state index contributed by atoms with van der Waals surface area (Å²) >= 11 is 0. The van der Waals surface area contributed by atoms with Gasteiger partial charge in [-0.2, -0.15) is 0 Å². The van der Waals surface area contributed by atoms with Gasteiger partial charge in [0.15, 0.2) is 0 Å². The first-order valence-electron chi connectivity index (χ1n) is 9.92. The summed E-state index contributed by atoms with van der Waals surface area (Å²) < 4.78 is 0. The Morgan fingerprint density at radius 1 is 0.769 bits per heavy atom. The fourth-order valence-electron chi connectivity index (χ4n) is 2.40. The van der Waals surface area contributed by atoms with E-state index >= 15 is 0 Å². The maximum absolute atomic E-state index is 11.1. The van der Waals surface area contributed by atoms with Crippen molar-refractivity contribution in [1.29, 1.82) is 0 Å². The van der Waals surface area contributed by atoms with E-state index in [0.717, 1.165) is 44.8 Å². The Labute approximate surface area is 158 Å². The zero-order chi connectivity index (χ0) is 19.3. The van der Waals surface area contributed by atoms with E-state index in [1.165, 1.54) is 19.3 Å². The minimum atomic E-state index is -0.753. The SMILES string of the molecule is CCCCC/C=C/C/C=C/C/C=C/C(/C=C/CCCCCC=O)[N+](=O)[O-]. The molecule has 0 aromatic rings. The average Bonchev–Trinajstić information content (AvgIpc) is 2.63. The van der Waals surface area contributed by atoms with Crippen LogP contribution in [0.4, 0.5) is 0 Å². The third-order valence-electron chi connectivity index (χ3n) is 3.95. The van der Waals surface area contributed by atoms with E-state index in [2.05, 4.69) is 25.2 Å². The standard InChI is InChI=1S/C22H35NO3/c1-2-3-4-5-6-7-8-9-10-13-16-19-22(23(25)26)20-17-14-11-12-15-18-21-24/h6-7,9-10,16-17,19-22H,2-5,8,11-15,18H2,1H3/b7-6+,10-9+,19-16+,20-17+. The van der Waals surface area contributed by atoms with Crippen molar-refractivity contribution in [3.8, 4) is 0 Å². The van der Waals surface area contributed by atoms with Gasteiger partial charge in [0, 0.05) is 11.3 Å². The van der Waals surface area contributed by atoms with Crippen LogP contribution in [-0.2, 0) is 4.79 Å². The third-order valence-corrected chi connectivity index (χ3v) is 3.95. The van der Waals surface area contributed by atoms with Crippen molar-refractivity contribution in [3.05, 3.63) is 58.7 Å². The summed E-state index contributed by atoms with van der Waals surface area (Å²) in [5.41, 5.74) is 0. The van der Waals surface area contributed by atoms with Gasteiger partial charge in [-0.15, -0.1) is 0 Å². The first-order valence-corrected chi connectivity index (χ1v) is 9.92. The molecule has 0 aliphatic carbocycles. The van der Waals surface area contributed by atoms with Gasteiger partial charge in [-0.25, -0.2) is 0 Å². The quantitative estimate of drug-likeness (QED) is 0.0994. The molecule has 146 valence electrons. The van der Waals surface area contributed by atoms with Crippen LogP contribution in [0.25, 0.3) is 0 Å². The van der Waals surface area contributed by atoms with Crippen LogP contribution in [0.1, 0.15) is 77.6 Å². The van der Waals surface area contributed by atoms with E-state index in [1.807, 2.05) is 18.2 Å². The molecule has 0 aliphatic rings. The Balaban J connectivity index is 3.94. The van der Waals surface area contributed by atoms with Gasteiger partial charge in [0.25, 0.3) is 0 Å². The molecule has 0 amide bonds. The van der Waals surface area contributed by atoms with Gasteiger partial charge in [0.1, 0.15) is 6.29 Å². The minimum absolute atomic E-state index is 0.276. The Bertz CT molecular complexity index is 464. The molecule has 1 atom stereocenters. The molecule has 0 heterocycles. The van der Waals surface area contributed by atoms with Gasteiger partial charge in [-0.3, -0.25) is 10.1 Å². The predicted octanol–water partition coefficient (Wildman–Crippen LogP) is 6.37. The molecule has 26 heavy (non-hydrogen) atoms. The smallest absolute Gasteiger partial charge is 0.249 e. The molecule has 0 fully saturated rings. The monoisotopic (exact) mass is 361 g/mol. The van der Waals surface area contributed by atoms with Crippen LogP contribution in [0.5, 0.6) is 0 Å². The number of aldehydes is 1. The van der Waals surface area contributed by atoms with E-state index < -0.39 is 6.04 Å². The molecule has 1 unspecified atom stereocenters. The van der Waals surface area contributed by atoms with Crippen molar-refractivity contribution >= 4 is 6.29 Å². The lowest BCUT2D eigenvalue weighted by atomic mass is 10.1. The van der Waals surface area contributed by atoms with E-state index in [-0.39, 0.29) is 4.92 Å². The Kier molecular flexibility index (Phi) is 17.9. The summed E-state index contributed by atoms with van der Waals surface area (Å²) in [6, 6.07) is -0.753. The number of allylic oxidation sites excluding steroid dienone is 6. The third kappa shape index (κ3) is 16.9. The van der Waals surface area contributed by atoms with Crippen LogP contribution < -0.4 is 0 Å². The number of nitrogens with zero attached hydrogens (tertiary/aromatic N) is 1.